The third-order valence-electron chi connectivity index (χ3n) is 3.19. The molecule has 1 N–H and O–H groups in total. The van der Waals surface area contributed by atoms with Crippen molar-refractivity contribution in [3.05, 3.63) is 59.1 Å². The lowest BCUT2D eigenvalue weighted by molar-refractivity contribution is -0.148. The summed E-state index contributed by atoms with van der Waals surface area (Å²) in [6.07, 6.45) is -0.185. The summed E-state index contributed by atoms with van der Waals surface area (Å²) in [5, 5.41) is 3.82. The molecule has 0 saturated carbocycles. The first-order valence-corrected chi connectivity index (χ1v) is 7.74. The summed E-state index contributed by atoms with van der Waals surface area (Å²) in [5.41, 5.74) is 1.59. The Kier molecular flexibility index (Phi) is 5.88. The molecule has 0 amide bonds. The van der Waals surface area contributed by atoms with E-state index in [-0.39, 0.29) is 12.1 Å². The maximum atomic E-state index is 12.4. The van der Waals surface area contributed by atoms with Crippen molar-refractivity contribution in [2.45, 2.75) is 26.0 Å². The molecule has 23 heavy (non-hydrogen) atoms. The Balaban J connectivity index is 2.24. The van der Waals surface area contributed by atoms with E-state index in [1.54, 1.807) is 19.2 Å². The Morgan fingerprint density at radius 2 is 1.65 bits per heavy atom. The first-order chi connectivity index (χ1) is 11.0. The monoisotopic (exact) mass is 333 g/mol. The second kappa shape index (κ2) is 7.88. The Hall–Kier alpha value is -2.20. The summed E-state index contributed by atoms with van der Waals surface area (Å²) >= 11 is 5.92. The van der Waals surface area contributed by atoms with E-state index in [0.717, 1.165) is 17.0 Å². The maximum Gasteiger partial charge on any atom is 0.333 e. The first kappa shape index (κ1) is 17.2. The van der Waals surface area contributed by atoms with Gasteiger partial charge in [0, 0.05) is 10.7 Å². The largest absolute Gasteiger partial charge is 0.497 e. The number of hydrogen-bond donors (Lipinski definition) is 1. The van der Waals surface area contributed by atoms with Crippen molar-refractivity contribution in [3.8, 4) is 5.75 Å². The highest BCUT2D eigenvalue weighted by Gasteiger charge is 2.23. The zero-order valence-electron chi connectivity index (χ0n) is 13.4. The van der Waals surface area contributed by atoms with Crippen LogP contribution in [-0.2, 0) is 9.53 Å². The molecule has 2 rings (SSSR count). The number of halogens is 1. The summed E-state index contributed by atoms with van der Waals surface area (Å²) in [5.74, 6) is 0.418. The molecule has 1 unspecified atom stereocenters. The molecule has 4 nitrogen and oxygen atoms in total. The van der Waals surface area contributed by atoms with Gasteiger partial charge in [-0.15, -0.1) is 0 Å². The normalized spacial score (nSPS) is 11.9. The molecular weight excluding hydrogens is 314 g/mol. The molecule has 0 aliphatic carbocycles. The minimum Gasteiger partial charge on any atom is -0.497 e. The molecule has 0 aromatic heterocycles. The van der Waals surface area contributed by atoms with Crippen LogP contribution in [0.4, 0.5) is 5.69 Å². The van der Waals surface area contributed by atoms with Gasteiger partial charge < -0.3 is 14.8 Å². The molecule has 0 radical (unpaired) electrons. The number of nitrogens with one attached hydrogen (secondary N) is 1. The van der Waals surface area contributed by atoms with E-state index in [0.29, 0.717) is 5.02 Å². The lowest BCUT2D eigenvalue weighted by Crippen LogP contribution is -2.25. The quantitative estimate of drug-likeness (QED) is 0.793. The van der Waals surface area contributed by atoms with E-state index >= 15 is 0 Å². The highest BCUT2D eigenvalue weighted by Crippen LogP contribution is 2.24. The lowest BCUT2D eigenvalue weighted by Gasteiger charge is -2.20. The summed E-state index contributed by atoms with van der Waals surface area (Å²) in [7, 11) is 1.61. The predicted molar refractivity (Wildman–Crippen MR) is 92.0 cm³/mol. The molecule has 0 spiro atoms. The fourth-order valence-corrected chi connectivity index (χ4v) is 2.21. The van der Waals surface area contributed by atoms with Crippen LogP contribution in [0.5, 0.6) is 5.75 Å². The first-order valence-electron chi connectivity index (χ1n) is 7.36. The second-order valence-electron chi connectivity index (χ2n) is 5.34. The van der Waals surface area contributed by atoms with Crippen molar-refractivity contribution in [2.24, 2.45) is 0 Å². The molecule has 2 aromatic rings. The predicted octanol–water partition coefficient (Wildman–Crippen LogP) is 4.45. The Bertz CT molecular complexity index is 638. The smallest absolute Gasteiger partial charge is 0.333 e. The van der Waals surface area contributed by atoms with Crippen LogP contribution in [0.2, 0.25) is 5.02 Å². The van der Waals surface area contributed by atoms with Crippen LogP contribution in [-0.4, -0.2) is 19.2 Å². The highest BCUT2D eigenvalue weighted by atomic mass is 35.5. The topological polar surface area (TPSA) is 47.6 Å². The Morgan fingerprint density at radius 3 is 2.17 bits per heavy atom. The summed E-state index contributed by atoms with van der Waals surface area (Å²) in [4.78, 5) is 12.4. The second-order valence-corrected chi connectivity index (χ2v) is 5.78. The van der Waals surface area contributed by atoms with Crippen LogP contribution in [0.3, 0.4) is 0 Å². The van der Waals surface area contributed by atoms with Gasteiger partial charge in [-0.05, 0) is 55.8 Å². The number of carbonyl (C=O) groups excluding carboxylic acids is 1. The van der Waals surface area contributed by atoms with Gasteiger partial charge in [-0.25, -0.2) is 4.79 Å². The van der Waals surface area contributed by atoms with Gasteiger partial charge in [-0.2, -0.15) is 0 Å². The zero-order valence-corrected chi connectivity index (χ0v) is 14.1. The van der Waals surface area contributed by atoms with Crippen LogP contribution in [0.25, 0.3) is 0 Å². The van der Waals surface area contributed by atoms with Crippen LogP contribution in [0, 0.1) is 0 Å². The summed E-state index contributed by atoms with van der Waals surface area (Å²) in [6, 6.07) is 13.9. The van der Waals surface area contributed by atoms with E-state index in [4.69, 9.17) is 21.1 Å². The lowest BCUT2D eigenvalue weighted by atomic mass is 10.1. The fourth-order valence-electron chi connectivity index (χ4n) is 2.09. The molecule has 122 valence electrons. The maximum absolute atomic E-state index is 12.4. The van der Waals surface area contributed by atoms with Crippen molar-refractivity contribution >= 4 is 23.3 Å². The van der Waals surface area contributed by atoms with Crippen molar-refractivity contribution in [1.29, 1.82) is 0 Å². The van der Waals surface area contributed by atoms with E-state index in [1.165, 1.54) is 0 Å². The van der Waals surface area contributed by atoms with Gasteiger partial charge >= 0.3 is 5.97 Å². The number of rotatable bonds is 6. The number of hydrogen-bond acceptors (Lipinski definition) is 4. The highest BCUT2D eigenvalue weighted by molar-refractivity contribution is 6.30. The SMILES string of the molecule is COc1ccc(NC(C(=O)OC(C)C)c2ccc(Cl)cc2)cc1. The third-order valence-corrected chi connectivity index (χ3v) is 3.44. The molecule has 0 heterocycles. The zero-order chi connectivity index (χ0) is 16.8. The van der Waals surface area contributed by atoms with Crippen LogP contribution in [0.1, 0.15) is 25.5 Å². The van der Waals surface area contributed by atoms with Crippen molar-refractivity contribution in [2.75, 3.05) is 12.4 Å². The molecular formula is C18H20ClNO3. The van der Waals surface area contributed by atoms with E-state index in [1.807, 2.05) is 50.2 Å². The van der Waals surface area contributed by atoms with Gasteiger partial charge in [0.25, 0.3) is 0 Å². The molecule has 0 aliphatic heterocycles. The summed E-state index contributed by atoms with van der Waals surface area (Å²) in [6.45, 7) is 3.65. The molecule has 2 aromatic carbocycles. The van der Waals surface area contributed by atoms with Crippen LogP contribution >= 0.6 is 11.6 Å². The van der Waals surface area contributed by atoms with Crippen LogP contribution < -0.4 is 10.1 Å². The number of anilines is 1. The molecule has 1 atom stereocenters. The number of methoxy groups -OCH3 is 1. The van der Waals surface area contributed by atoms with Crippen LogP contribution in [0.15, 0.2) is 48.5 Å². The minimum absolute atomic E-state index is 0.185. The minimum atomic E-state index is -0.608. The average molecular weight is 334 g/mol. The number of carbonyl (C=O) groups is 1. The Morgan fingerprint density at radius 1 is 1.04 bits per heavy atom. The molecule has 0 saturated heterocycles. The molecule has 0 bridgehead atoms. The average Bonchev–Trinajstić information content (AvgIpc) is 2.53. The number of benzene rings is 2. The van der Waals surface area contributed by atoms with Crippen molar-refractivity contribution in [3.63, 3.8) is 0 Å². The standard InChI is InChI=1S/C18H20ClNO3/c1-12(2)23-18(21)17(13-4-6-14(19)7-5-13)20-15-8-10-16(22-3)11-9-15/h4-12,17,20H,1-3H3. The summed E-state index contributed by atoms with van der Waals surface area (Å²) < 4.78 is 10.5. The number of esters is 1. The van der Waals surface area contributed by atoms with Gasteiger partial charge in [0.1, 0.15) is 5.75 Å². The Labute approximate surface area is 141 Å². The van der Waals surface area contributed by atoms with Crippen molar-refractivity contribution < 1.29 is 14.3 Å². The van der Waals surface area contributed by atoms with Gasteiger partial charge in [-0.3, -0.25) is 0 Å². The van der Waals surface area contributed by atoms with Gasteiger partial charge in [0.05, 0.1) is 13.2 Å². The fraction of sp³-hybridized carbons (Fsp3) is 0.278. The third kappa shape index (κ3) is 4.89. The van der Waals surface area contributed by atoms with Crippen molar-refractivity contribution in [1.82, 2.24) is 0 Å². The van der Waals surface area contributed by atoms with E-state index in [2.05, 4.69) is 5.32 Å². The molecule has 0 fully saturated rings. The molecule has 0 aliphatic rings. The van der Waals surface area contributed by atoms with Gasteiger partial charge in [0.15, 0.2) is 6.04 Å². The van der Waals surface area contributed by atoms with E-state index in [9.17, 15) is 4.79 Å². The van der Waals surface area contributed by atoms with Gasteiger partial charge in [-0.1, -0.05) is 23.7 Å². The van der Waals surface area contributed by atoms with E-state index < -0.39 is 6.04 Å². The molecule has 5 heteroatoms. The number of ether oxygens (including phenoxy) is 2. The van der Waals surface area contributed by atoms with Gasteiger partial charge in [0.2, 0.25) is 0 Å².